The molecule has 3 aromatic rings. The maximum atomic E-state index is 13.8. The van der Waals surface area contributed by atoms with Crippen LogP contribution in [-0.2, 0) is 0 Å². The number of halogens is 2. The Labute approximate surface area is 128 Å². The molecule has 1 heterocycles. The quantitative estimate of drug-likeness (QED) is 0.614. The van der Waals surface area contributed by atoms with E-state index in [1.165, 1.54) is 6.07 Å². The molecule has 0 aliphatic carbocycles. The van der Waals surface area contributed by atoms with Gasteiger partial charge in [0.15, 0.2) is 0 Å². The van der Waals surface area contributed by atoms with Crippen molar-refractivity contribution in [2.45, 2.75) is 6.92 Å². The molecule has 0 saturated heterocycles. The standard InChI is InChI=1S/C15H10BrFN2S/c1-8-13(16)15(20)19-14(18-8)11-6-7-12(17)10-5-3-2-4-9(10)11/h2-7H,1H3,(H,18,19,20). The molecule has 0 saturated carbocycles. The number of aryl methyl sites for hydroxylation is 1. The van der Waals surface area contributed by atoms with Gasteiger partial charge < -0.3 is 4.98 Å². The summed E-state index contributed by atoms with van der Waals surface area (Å²) >= 11 is 8.61. The topological polar surface area (TPSA) is 28.7 Å². The lowest BCUT2D eigenvalue weighted by molar-refractivity contribution is 0.640. The van der Waals surface area contributed by atoms with Crippen molar-refractivity contribution in [2.24, 2.45) is 0 Å². The van der Waals surface area contributed by atoms with Crippen LogP contribution in [0.2, 0.25) is 0 Å². The minimum atomic E-state index is -0.239. The van der Waals surface area contributed by atoms with Crippen LogP contribution in [-0.4, -0.2) is 9.97 Å². The Morgan fingerprint density at radius 2 is 1.85 bits per heavy atom. The fourth-order valence-electron chi connectivity index (χ4n) is 2.17. The second-order valence-electron chi connectivity index (χ2n) is 4.47. The minimum absolute atomic E-state index is 0.239. The fraction of sp³-hybridized carbons (Fsp3) is 0.0667. The second kappa shape index (κ2) is 5.07. The van der Waals surface area contributed by atoms with E-state index in [-0.39, 0.29) is 5.82 Å². The van der Waals surface area contributed by atoms with Crippen molar-refractivity contribution in [3.63, 3.8) is 0 Å². The largest absolute Gasteiger partial charge is 0.342 e. The Bertz CT molecular complexity index is 873. The van der Waals surface area contributed by atoms with E-state index in [1.54, 1.807) is 12.1 Å². The summed E-state index contributed by atoms with van der Waals surface area (Å²) in [7, 11) is 0. The number of benzene rings is 2. The predicted octanol–water partition coefficient (Wildman–Crippen LogP) is 5.17. The predicted molar refractivity (Wildman–Crippen MR) is 84.8 cm³/mol. The van der Waals surface area contributed by atoms with E-state index in [0.29, 0.717) is 15.9 Å². The fourth-order valence-corrected chi connectivity index (χ4v) is 2.60. The molecule has 0 atom stereocenters. The van der Waals surface area contributed by atoms with Gasteiger partial charge in [-0.25, -0.2) is 9.37 Å². The van der Waals surface area contributed by atoms with Crippen LogP contribution < -0.4 is 0 Å². The van der Waals surface area contributed by atoms with E-state index in [4.69, 9.17) is 12.2 Å². The third-order valence-corrected chi connectivity index (χ3v) is 4.69. The lowest BCUT2D eigenvalue weighted by Gasteiger charge is -2.09. The Morgan fingerprint density at radius 3 is 2.55 bits per heavy atom. The molecular weight excluding hydrogens is 339 g/mol. The van der Waals surface area contributed by atoms with Crippen molar-refractivity contribution in [1.29, 1.82) is 0 Å². The maximum absolute atomic E-state index is 13.8. The highest BCUT2D eigenvalue weighted by atomic mass is 79.9. The molecule has 2 nitrogen and oxygen atoms in total. The molecular formula is C15H10BrFN2S. The molecule has 1 N–H and O–H groups in total. The van der Waals surface area contributed by atoms with Gasteiger partial charge in [-0.05, 0) is 40.4 Å². The molecule has 20 heavy (non-hydrogen) atoms. The van der Waals surface area contributed by atoms with Gasteiger partial charge in [0.2, 0.25) is 0 Å². The molecule has 0 radical (unpaired) electrons. The van der Waals surface area contributed by atoms with Gasteiger partial charge in [0, 0.05) is 16.6 Å². The van der Waals surface area contributed by atoms with Crippen molar-refractivity contribution >= 4 is 38.9 Å². The van der Waals surface area contributed by atoms with Crippen LogP contribution in [0.4, 0.5) is 4.39 Å². The lowest BCUT2D eigenvalue weighted by atomic mass is 10.0. The first-order valence-electron chi connectivity index (χ1n) is 6.02. The van der Waals surface area contributed by atoms with Gasteiger partial charge >= 0.3 is 0 Å². The summed E-state index contributed by atoms with van der Waals surface area (Å²) in [6.07, 6.45) is 0. The van der Waals surface area contributed by atoms with E-state index in [1.807, 2.05) is 25.1 Å². The number of hydrogen-bond acceptors (Lipinski definition) is 2. The number of nitrogens with zero attached hydrogens (tertiary/aromatic N) is 1. The molecule has 2 aromatic carbocycles. The number of rotatable bonds is 1. The highest BCUT2D eigenvalue weighted by Crippen LogP contribution is 2.29. The van der Waals surface area contributed by atoms with E-state index in [2.05, 4.69) is 25.9 Å². The first-order chi connectivity index (χ1) is 9.58. The molecule has 0 unspecified atom stereocenters. The van der Waals surface area contributed by atoms with E-state index in [9.17, 15) is 4.39 Å². The van der Waals surface area contributed by atoms with Gasteiger partial charge in [0.1, 0.15) is 16.3 Å². The Kier molecular flexibility index (Phi) is 3.40. The minimum Gasteiger partial charge on any atom is -0.342 e. The van der Waals surface area contributed by atoms with Gasteiger partial charge in [0.05, 0.1) is 4.47 Å². The first kappa shape index (κ1) is 13.4. The van der Waals surface area contributed by atoms with Gasteiger partial charge in [0.25, 0.3) is 0 Å². The van der Waals surface area contributed by atoms with Gasteiger partial charge in [-0.15, -0.1) is 0 Å². The van der Waals surface area contributed by atoms with Crippen LogP contribution in [0.5, 0.6) is 0 Å². The number of nitrogens with one attached hydrogen (secondary N) is 1. The zero-order valence-corrected chi connectivity index (χ0v) is 13.0. The van der Waals surface area contributed by atoms with Crippen LogP contribution >= 0.6 is 28.1 Å². The molecule has 0 bridgehead atoms. The number of aromatic amines is 1. The van der Waals surface area contributed by atoms with Crippen molar-refractivity contribution in [1.82, 2.24) is 9.97 Å². The first-order valence-corrected chi connectivity index (χ1v) is 7.22. The number of aromatic nitrogens is 2. The van der Waals surface area contributed by atoms with Crippen molar-refractivity contribution in [2.75, 3.05) is 0 Å². The average Bonchev–Trinajstić information content (AvgIpc) is 2.45. The summed E-state index contributed by atoms with van der Waals surface area (Å²) in [6.45, 7) is 1.91. The lowest BCUT2D eigenvalue weighted by Crippen LogP contribution is -1.95. The Balaban J connectivity index is 2.36. The number of hydrogen-bond donors (Lipinski definition) is 1. The summed E-state index contributed by atoms with van der Waals surface area (Å²) in [5, 5.41) is 1.39. The van der Waals surface area contributed by atoms with E-state index < -0.39 is 0 Å². The summed E-state index contributed by atoms with van der Waals surface area (Å²) in [5.74, 6) is 0.406. The van der Waals surface area contributed by atoms with Crippen LogP contribution in [0.15, 0.2) is 40.9 Å². The van der Waals surface area contributed by atoms with Crippen molar-refractivity contribution in [3.05, 3.63) is 57.0 Å². The van der Waals surface area contributed by atoms with Gasteiger partial charge in [-0.3, -0.25) is 0 Å². The molecule has 0 fully saturated rings. The number of H-pyrrole nitrogens is 1. The molecule has 0 aliphatic rings. The van der Waals surface area contributed by atoms with Crippen molar-refractivity contribution < 1.29 is 4.39 Å². The molecule has 0 amide bonds. The average molecular weight is 349 g/mol. The zero-order chi connectivity index (χ0) is 14.3. The second-order valence-corrected chi connectivity index (χ2v) is 5.65. The Hall–Kier alpha value is -1.59. The van der Waals surface area contributed by atoms with E-state index >= 15 is 0 Å². The summed E-state index contributed by atoms with van der Waals surface area (Å²) in [5.41, 5.74) is 1.73. The molecule has 100 valence electrons. The molecule has 1 aromatic heterocycles. The molecule has 5 heteroatoms. The number of fused-ring (bicyclic) bond motifs is 1. The highest BCUT2D eigenvalue weighted by Gasteiger charge is 2.10. The normalized spacial score (nSPS) is 10.9. The molecule has 0 spiro atoms. The smallest absolute Gasteiger partial charge is 0.144 e. The zero-order valence-electron chi connectivity index (χ0n) is 10.6. The Morgan fingerprint density at radius 1 is 1.15 bits per heavy atom. The van der Waals surface area contributed by atoms with Gasteiger partial charge in [-0.1, -0.05) is 36.5 Å². The van der Waals surface area contributed by atoms with Gasteiger partial charge in [-0.2, -0.15) is 0 Å². The monoisotopic (exact) mass is 348 g/mol. The van der Waals surface area contributed by atoms with Crippen LogP contribution in [0, 0.1) is 17.4 Å². The third kappa shape index (κ3) is 2.17. The highest BCUT2D eigenvalue weighted by molar-refractivity contribution is 9.10. The van der Waals surface area contributed by atoms with Crippen molar-refractivity contribution in [3.8, 4) is 11.4 Å². The molecule has 0 aliphatic heterocycles. The van der Waals surface area contributed by atoms with Crippen LogP contribution in [0.25, 0.3) is 22.2 Å². The maximum Gasteiger partial charge on any atom is 0.144 e. The van der Waals surface area contributed by atoms with Crippen LogP contribution in [0.1, 0.15) is 5.69 Å². The summed E-state index contributed by atoms with van der Waals surface area (Å²) < 4.78 is 15.1. The summed E-state index contributed by atoms with van der Waals surface area (Å²) in [4.78, 5) is 7.57. The SMILES string of the molecule is Cc1[nH]c(-c2ccc(F)c3ccccc23)nc(=S)c1Br. The third-order valence-electron chi connectivity index (χ3n) is 3.16. The van der Waals surface area contributed by atoms with E-state index in [0.717, 1.165) is 21.1 Å². The molecule has 3 rings (SSSR count). The van der Waals surface area contributed by atoms with Crippen LogP contribution in [0.3, 0.4) is 0 Å². The summed E-state index contributed by atoms with van der Waals surface area (Å²) in [6, 6.07) is 10.5.